The van der Waals surface area contributed by atoms with Gasteiger partial charge in [-0.3, -0.25) is 0 Å². The number of halogens is 14. The molecule has 0 atom stereocenters. The molecule has 0 aromatic rings. The van der Waals surface area contributed by atoms with Crippen molar-refractivity contribution >= 4 is 0 Å². The maximum atomic E-state index is 12.6. The number of alkyl halides is 14. The second-order valence-electron chi connectivity index (χ2n) is 4.27. The van der Waals surface area contributed by atoms with Gasteiger partial charge in [0.15, 0.2) is 0 Å². The summed E-state index contributed by atoms with van der Waals surface area (Å²) in [5, 5.41) is 0. The van der Waals surface area contributed by atoms with Gasteiger partial charge < -0.3 is 9.47 Å². The molecule has 16 heteroatoms. The first-order valence-electron chi connectivity index (χ1n) is 5.40. The normalized spacial score (nSPS) is 15.6. The predicted molar refractivity (Wildman–Crippen MR) is 48.1 cm³/mol. The van der Waals surface area contributed by atoms with E-state index in [2.05, 4.69) is 9.47 Å². The Morgan fingerprint density at radius 2 is 0.720 bits per heavy atom. The van der Waals surface area contributed by atoms with Gasteiger partial charge in [0.2, 0.25) is 6.79 Å². The first-order valence-corrected chi connectivity index (χ1v) is 5.40. The lowest BCUT2D eigenvalue weighted by molar-refractivity contribution is -0.366. The van der Waals surface area contributed by atoms with E-state index in [9.17, 15) is 61.5 Å². The molecule has 0 rings (SSSR count). The van der Waals surface area contributed by atoms with Gasteiger partial charge in [0.1, 0.15) is 13.2 Å². The Kier molecular flexibility index (Phi) is 6.63. The molecule has 0 saturated carbocycles. The summed E-state index contributed by atoms with van der Waals surface area (Å²) in [6, 6.07) is 0. The van der Waals surface area contributed by atoms with Crippen LogP contribution in [0.5, 0.6) is 0 Å². The minimum atomic E-state index is -6.72. The van der Waals surface area contributed by atoms with E-state index in [0.29, 0.717) is 0 Å². The van der Waals surface area contributed by atoms with Crippen LogP contribution in [0.2, 0.25) is 0 Å². The van der Waals surface area contributed by atoms with Gasteiger partial charge in [-0.15, -0.1) is 0 Å². The van der Waals surface area contributed by atoms with Gasteiger partial charge in [-0.2, -0.15) is 61.5 Å². The van der Waals surface area contributed by atoms with E-state index < -0.39 is 56.0 Å². The first kappa shape index (κ1) is 23.9. The second kappa shape index (κ2) is 6.92. The third-order valence-electron chi connectivity index (χ3n) is 2.30. The molecule has 0 N–H and O–H groups in total. The highest BCUT2D eigenvalue weighted by atomic mass is 19.4. The zero-order chi connectivity index (χ0) is 20.5. The molecule has 0 unspecified atom stereocenters. The van der Waals surface area contributed by atoms with Crippen LogP contribution in [0.1, 0.15) is 0 Å². The lowest BCUT2D eigenvalue weighted by Gasteiger charge is -2.28. The van der Waals surface area contributed by atoms with Crippen molar-refractivity contribution in [3.63, 3.8) is 0 Å². The van der Waals surface area contributed by atoms with Crippen molar-refractivity contribution < 1.29 is 70.9 Å². The molecule has 0 aliphatic rings. The summed E-state index contributed by atoms with van der Waals surface area (Å²) in [4.78, 5) is 0. The molecule has 0 spiro atoms. The molecule has 0 heterocycles. The zero-order valence-electron chi connectivity index (χ0n) is 11.1. The van der Waals surface area contributed by atoms with Crippen LogP contribution in [0.3, 0.4) is 0 Å². The van der Waals surface area contributed by atoms with Gasteiger partial charge >= 0.3 is 36.0 Å². The largest absolute Gasteiger partial charge is 0.459 e. The van der Waals surface area contributed by atoms with Crippen LogP contribution in [-0.2, 0) is 9.47 Å². The van der Waals surface area contributed by atoms with E-state index in [1.807, 2.05) is 0 Å². The average molecular weight is 411 g/mol. The molecule has 0 bridgehead atoms. The number of hydrogen-bond donors (Lipinski definition) is 0. The molecule has 0 saturated heterocycles. The smallest absolute Gasteiger partial charge is 0.341 e. The molecule has 151 valence electrons. The standard InChI is InChI=1S/C9H5F14O2/c10-4(11,6(14,15)8(18,19)20)1-24-3-25-2-5(12,13)7(16,17)9(21,22)23/h3H,1-2H2. The van der Waals surface area contributed by atoms with Crippen molar-refractivity contribution in [3.05, 3.63) is 6.79 Å². The molecule has 0 aromatic heterocycles. The third kappa shape index (κ3) is 4.98. The summed E-state index contributed by atoms with van der Waals surface area (Å²) in [7, 11) is 0. The highest BCUT2D eigenvalue weighted by molar-refractivity contribution is 4.92. The monoisotopic (exact) mass is 411 g/mol. The van der Waals surface area contributed by atoms with E-state index in [1.165, 1.54) is 0 Å². The van der Waals surface area contributed by atoms with E-state index in [-0.39, 0.29) is 0 Å². The quantitative estimate of drug-likeness (QED) is 0.422. The SMILES string of the molecule is FC(F)(F)C(F)(F)C(F)(F)CO[CH]OCC(F)(F)C(F)(F)C(F)(F)F. The molecule has 0 aliphatic carbocycles. The van der Waals surface area contributed by atoms with Gasteiger partial charge in [-0.25, -0.2) is 0 Å². The summed E-state index contributed by atoms with van der Waals surface area (Å²) in [6.07, 6.45) is -13.4. The van der Waals surface area contributed by atoms with Crippen LogP contribution in [0.25, 0.3) is 0 Å². The molecule has 0 amide bonds. The summed E-state index contributed by atoms with van der Waals surface area (Å²) < 4.78 is 176. The van der Waals surface area contributed by atoms with Crippen molar-refractivity contribution in [2.75, 3.05) is 13.2 Å². The fourth-order valence-electron chi connectivity index (χ4n) is 0.921. The van der Waals surface area contributed by atoms with Gasteiger partial charge in [0.05, 0.1) is 0 Å². The van der Waals surface area contributed by atoms with Crippen LogP contribution in [0.15, 0.2) is 0 Å². The van der Waals surface area contributed by atoms with Crippen LogP contribution in [-0.4, -0.2) is 49.3 Å². The van der Waals surface area contributed by atoms with Crippen LogP contribution >= 0.6 is 0 Å². The van der Waals surface area contributed by atoms with Crippen LogP contribution < -0.4 is 0 Å². The van der Waals surface area contributed by atoms with Gasteiger partial charge in [0.25, 0.3) is 0 Å². The van der Waals surface area contributed by atoms with Crippen molar-refractivity contribution in [3.8, 4) is 0 Å². The molecular formula is C9H5F14O2. The zero-order valence-corrected chi connectivity index (χ0v) is 11.1. The molecule has 25 heavy (non-hydrogen) atoms. The Bertz CT molecular complexity index is 397. The fourth-order valence-corrected chi connectivity index (χ4v) is 0.921. The summed E-state index contributed by atoms with van der Waals surface area (Å²) >= 11 is 0. The van der Waals surface area contributed by atoms with Crippen molar-refractivity contribution in [1.82, 2.24) is 0 Å². The van der Waals surface area contributed by atoms with Gasteiger partial charge in [-0.1, -0.05) is 0 Å². The van der Waals surface area contributed by atoms with Gasteiger partial charge in [-0.05, 0) is 0 Å². The second-order valence-corrected chi connectivity index (χ2v) is 4.27. The van der Waals surface area contributed by atoms with Gasteiger partial charge in [0, 0.05) is 0 Å². The summed E-state index contributed by atoms with van der Waals surface area (Å²) in [6.45, 7) is -6.41. The minimum Gasteiger partial charge on any atom is -0.341 e. The maximum Gasteiger partial charge on any atom is 0.459 e. The molecule has 1 radical (unpaired) electrons. The maximum absolute atomic E-state index is 12.6. The average Bonchev–Trinajstić information content (AvgIpc) is 2.34. The number of ether oxygens (including phenoxy) is 2. The van der Waals surface area contributed by atoms with E-state index in [0.717, 1.165) is 0 Å². The number of rotatable bonds is 8. The molecular weight excluding hydrogens is 406 g/mol. The molecule has 0 aliphatic heterocycles. The Balaban J connectivity index is 4.62. The Morgan fingerprint density at radius 1 is 0.480 bits per heavy atom. The van der Waals surface area contributed by atoms with E-state index in [4.69, 9.17) is 0 Å². The lowest BCUT2D eigenvalue weighted by atomic mass is 10.2. The lowest BCUT2D eigenvalue weighted by Crippen LogP contribution is -2.54. The van der Waals surface area contributed by atoms with Crippen LogP contribution in [0.4, 0.5) is 61.5 Å². The van der Waals surface area contributed by atoms with E-state index in [1.54, 1.807) is 0 Å². The number of hydrogen-bond acceptors (Lipinski definition) is 2. The van der Waals surface area contributed by atoms with Crippen molar-refractivity contribution in [2.24, 2.45) is 0 Å². The Labute approximate surface area is 128 Å². The Morgan fingerprint density at radius 3 is 0.920 bits per heavy atom. The molecule has 2 nitrogen and oxygen atoms in total. The fraction of sp³-hybridized carbons (Fsp3) is 0.889. The molecule has 0 fully saturated rings. The minimum absolute atomic E-state index is 0.805. The topological polar surface area (TPSA) is 18.5 Å². The Hall–Kier alpha value is -1.06. The first-order chi connectivity index (χ1) is 10.7. The summed E-state index contributed by atoms with van der Waals surface area (Å²) in [5.41, 5.74) is 0. The third-order valence-corrected chi connectivity index (χ3v) is 2.30. The highest BCUT2D eigenvalue weighted by Crippen LogP contribution is 2.47. The predicted octanol–water partition coefficient (Wildman–Crippen LogP) is 4.80. The molecule has 0 aromatic carbocycles. The van der Waals surface area contributed by atoms with Crippen molar-refractivity contribution in [1.29, 1.82) is 0 Å². The van der Waals surface area contributed by atoms with Crippen LogP contribution in [0, 0.1) is 6.79 Å². The summed E-state index contributed by atoms with van der Waals surface area (Å²) in [5.74, 6) is -25.1. The highest BCUT2D eigenvalue weighted by Gasteiger charge is 2.74. The van der Waals surface area contributed by atoms with E-state index >= 15 is 0 Å². The van der Waals surface area contributed by atoms with Crippen molar-refractivity contribution in [2.45, 2.75) is 36.0 Å².